The van der Waals surface area contributed by atoms with Crippen molar-refractivity contribution in [3.05, 3.63) is 60.1 Å². The molecule has 0 bridgehead atoms. The van der Waals surface area contributed by atoms with Crippen LogP contribution in [0.2, 0.25) is 0 Å². The fraction of sp³-hybridized carbons (Fsp3) is 0.361. The van der Waals surface area contributed by atoms with Crippen LogP contribution in [0, 0.1) is 0 Å². The summed E-state index contributed by atoms with van der Waals surface area (Å²) in [6, 6.07) is 13.9. The third-order valence-corrected chi connectivity index (χ3v) is 7.74. The lowest BCUT2D eigenvalue weighted by Gasteiger charge is -2.18. The van der Waals surface area contributed by atoms with E-state index in [0.717, 1.165) is 0 Å². The normalized spacial score (nSPS) is 10.9. The Kier molecular flexibility index (Phi) is 13.8. The van der Waals surface area contributed by atoms with Crippen molar-refractivity contribution in [1.29, 1.82) is 0 Å². The van der Waals surface area contributed by atoms with E-state index >= 15 is 0 Å². The van der Waals surface area contributed by atoms with Crippen molar-refractivity contribution in [1.82, 2.24) is 14.8 Å². The zero-order chi connectivity index (χ0) is 37.8. The molecule has 1 aromatic carbocycles. The van der Waals surface area contributed by atoms with Gasteiger partial charge in [-0.15, -0.1) is 0 Å². The number of carbonyl (C=O) groups excluding carboxylic acids is 4. The molecule has 0 unspecified atom stereocenters. The average Bonchev–Trinajstić information content (AvgIpc) is 3.83. The van der Waals surface area contributed by atoms with Crippen LogP contribution in [0.4, 0.5) is 0 Å². The molecule has 3 aromatic heterocycles. The number of aromatic nitrogens is 1. The maximum Gasteiger partial charge on any atom is 0.319 e. The van der Waals surface area contributed by atoms with Crippen LogP contribution < -0.4 is 14.2 Å². The molecule has 52 heavy (non-hydrogen) atoms. The number of rotatable bonds is 18. The summed E-state index contributed by atoms with van der Waals surface area (Å²) in [5.74, 6) is 0.920. The van der Waals surface area contributed by atoms with Crippen molar-refractivity contribution in [2.45, 2.75) is 13.1 Å². The SMILES string of the molecule is COC(=O)CN(CC(=O)OC)Cc1ccc(-c2cc(-c3c(OC)cc(OC)cc3OC)cc(-c3ccc(CN(CC(=O)OC)CC(=O)OC)o3)n2)o1. The summed E-state index contributed by atoms with van der Waals surface area (Å²) < 4.78 is 48.5. The van der Waals surface area contributed by atoms with Crippen LogP contribution in [0.25, 0.3) is 34.0 Å². The molecule has 0 fully saturated rings. The number of hydrogen-bond acceptors (Lipinski definition) is 16. The standard InChI is InChI=1S/C36H41N3O13/c1-44-25-14-30(45-2)36(31(15-25)46-3)22-12-26(28-10-8-23(51-28)16-38(18-32(40)47-4)19-33(41)48-5)37-27(13-22)29-11-9-24(52-29)17-39(20-34(42)49-6)21-35(43)50-7/h8-15H,16-21H2,1-7H3. The molecule has 0 spiro atoms. The molecule has 0 radical (unpaired) electrons. The van der Waals surface area contributed by atoms with Gasteiger partial charge in [0.2, 0.25) is 0 Å². The molecule has 278 valence electrons. The highest BCUT2D eigenvalue weighted by molar-refractivity contribution is 5.83. The lowest BCUT2D eigenvalue weighted by molar-refractivity contribution is -0.147. The van der Waals surface area contributed by atoms with E-state index in [-0.39, 0.29) is 39.3 Å². The predicted molar refractivity (Wildman–Crippen MR) is 183 cm³/mol. The first kappa shape index (κ1) is 38.9. The van der Waals surface area contributed by atoms with Gasteiger partial charge in [-0.1, -0.05) is 0 Å². The molecule has 0 saturated heterocycles. The van der Waals surface area contributed by atoms with E-state index in [1.54, 1.807) is 48.5 Å². The second-order valence-corrected chi connectivity index (χ2v) is 11.2. The predicted octanol–water partition coefficient (Wildman–Crippen LogP) is 3.59. The Morgan fingerprint density at radius 1 is 0.558 bits per heavy atom. The second kappa shape index (κ2) is 18.4. The fourth-order valence-electron chi connectivity index (χ4n) is 5.18. The Bertz CT molecular complexity index is 1710. The third-order valence-electron chi connectivity index (χ3n) is 7.74. The van der Waals surface area contributed by atoms with Gasteiger partial charge in [0.15, 0.2) is 11.5 Å². The number of nitrogens with zero attached hydrogens (tertiary/aromatic N) is 3. The highest BCUT2D eigenvalue weighted by atomic mass is 16.5. The highest BCUT2D eigenvalue weighted by Crippen LogP contribution is 2.44. The smallest absolute Gasteiger partial charge is 0.319 e. The van der Waals surface area contributed by atoms with Crippen LogP contribution in [0.3, 0.4) is 0 Å². The third kappa shape index (κ3) is 10.1. The van der Waals surface area contributed by atoms with Crippen molar-refractivity contribution < 1.29 is 61.2 Å². The first-order valence-electron chi connectivity index (χ1n) is 15.8. The highest BCUT2D eigenvalue weighted by Gasteiger charge is 2.23. The van der Waals surface area contributed by atoms with Crippen molar-refractivity contribution in [3.8, 4) is 51.3 Å². The number of hydrogen-bond donors (Lipinski definition) is 0. The summed E-state index contributed by atoms with van der Waals surface area (Å²) >= 11 is 0. The van der Waals surface area contributed by atoms with E-state index in [1.807, 2.05) is 0 Å². The molecule has 0 aliphatic carbocycles. The number of methoxy groups -OCH3 is 7. The molecule has 4 aromatic rings. The first-order valence-corrected chi connectivity index (χ1v) is 15.8. The minimum Gasteiger partial charge on any atom is -0.496 e. The second-order valence-electron chi connectivity index (χ2n) is 11.2. The van der Waals surface area contributed by atoms with Crippen LogP contribution in [0.5, 0.6) is 17.2 Å². The van der Waals surface area contributed by atoms with E-state index < -0.39 is 23.9 Å². The molecular formula is C36H41N3O13. The lowest BCUT2D eigenvalue weighted by atomic mass is 10.0. The van der Waals surface area contributed by atoms with Gasteiger partial charge in [-0.2, -0.15) is 0 Å². The van der Waals surface area contributed by atoms with Crippen molar-refractivity contribution in [3.63, 3.8) is 0 Å². The molecule has 0 amide bonds. The summed E-state index contributed by atoms with van der Waals surface area (Å²) in [4.78, 5) is 56.1. The van der Waals surface area contributed by atoms with Crippen LogP contribution in [-0.2, 0) is 51.2 Å². The van der Waals surface area contributed by atoms with Gasteiger partial charge in [0.25, 0.3) is 0 Å². The van der Waals surface area contributed by atoms with Crippen LogP contribution >= 0.6 is 0 Å². The van der Waals surface area contributed by atoms with E-state index in [2.05, 4.69) is 0 Å². The summed E-state index contributed by atoms with van der Waals surface area (Å²) in [6.45, 7) is -0.511. The number of benzene rings is 1. The number of furan rings is 2. The molecule has 0 N–H and O–H groups in total. The van der Waals surface area contributed by atoms with Gasteiger partial charge in [0.1, 0.15) is 40.2 Å². The zero-order valence-corrected chi connectivity index (χ0v) is 30.0. The van der Waals surface area contributed by atoms with E-state index in [0.29, 0.717) is 62.8 Å². The minimum atomic E-state index is -0.534. The molecule has 3 heterocycles. The summed E-state index contributed by atoms with van der Waals surface area (Å²) in [5, 5.41) is 0. The van der Waals surface area contributed by atoms with E-state index in [1.165, 1.54) is 59.6 Å². The number of ether oxygens (including phenoxy) is 7. The maximum absolute atomic E-state index is 12.0. The molecule has 16 nitrogen and oxygen atoms in total. The molecule has 0 atom stereocenters. The monoisotopic (exact) mass is 723 g/mol. The van der Waals surface area contributed by atoms with E-state index in [9.17, 15) is 19.2 Å². The van der Waals surface area contributed by atoms with E-state index in [4.69, 9.17) is 47.0 Å². The summed E-state index contributed by atoms with van der Waals surface area (Å²) in [7, 11) is 9.63. The van der Waals surface area contributed by atoms with Gasteiger partial charge in [-0.05, 0) is 42.0 Å². The van der Waals surface area contributed by atoms with Gasteiger partial charge in [-0.25, -0.2) is 4.98 Å². The average molecular weight is 724 g/mol. The maximum atomic E-state index is 12.0. The molecular weight excluding hydrogens is 682 g/mol. The van der Waals surface area contributed by atoms with Crippen molar-refractivity contribution in [2.75, 3.05) is 75.9 Å². The lowest BCUT2D eigenvalue weighted by Crippen LogP contribution is -2.35. The Morgan fingerprint density at radius 2 is 0.942 bits per heavy atom. The fourth-order valence-corrected chi connectivity index (χ4v) is 5.18. The Balaban J connectivity index is 1.79. The van der Waals surface area contributed by atoms with Gasteiger partial charge < -0.3 is 42.0 Å². The Morgan fingerprint density at radius 3 is 1.27 bits per heavy atom. The molecule has 0 aliphatic rings. The van der Waals surface area contributed by atoms with Crippen LogP contribution in [0.15, 0.2) is 57.4 Å². The topological polar surface area (TPSA) is 179 Å². The summed E-state index contributed by atoms with van der Waals surface area (Å²) in [6.07, 6.45) is 0. The Hall–Kier alpha value is -5.87. The largest absolute Gasteiger partial charge is 0.496 e. The first-order chi connectivity index (χ1) is 25.0. The molecule has 0 aliphatic heterocycles. The van der Waals surface area contributed by atoms with Gasteiger partial charge >= 0.3 is 23.9 Å². The van der Waals surface area contributed by atoms with Crippen molar-refractivity contribution in [2.24, 2.45) is 0 Å². The molecule has 16 heteroatoms. The number of esters is 4. The number of carbonyl (C=O) groups is 4. The summed E-state index contributed by atoms with van der Waals surface area (Å²) in [5.41, 5.74) is 2.03. The Labute approximate surface area is 300 Å². The molecule has 4 rings (SSSR count). The van der Waals surface area contributed by atoms with Gasteiger partial charge in [-0.3, -0.25) is 29.0 Å². The van der Waals surface area contributed by atoms with Gasteiger partial charge in [0, 0.05) is 12.1 Å². The van der Waals surface area contributed by atoms with Crippen molar-refractivity contribution >= 4 is 23.9 Å². The van der Waals surface area contributed by atoms with Crippen LogP contribution in [-0.4, -0.2) is 115 Å². The minimum absolute atomic E-state index is 0.0894. The molecule has 0 saturated carbocycles. The zero-order valence-electron chi connectivity index (χ0n) is 30.0. The quantitative estimate of drug-likeness (QED) is 0.107. The van der Waals surface area contributed by atoms with Crippen LogP contribution in [0.1, 0.15) is 11.5 Å². The van der Waals surface area contributed by atoms with Gasteiger partial charge in [0.05, 0.1) is 94.6 Å². The number of pyridine rings is 1.